The third-order valence-electron chi connectivity index (χ3n) is 6.09. The van der Waals surface area contributed by atoms with Gasteiger partial charge in [0, 0.05) is 5.39 Å². The summed E-state index contributed by atoms with van der Waals surface area (Å²) in [5, 5.41) is 12.2. The Morgan fingerprint density at radius 2 is 0.900 bits per heavy atom. The van der Waals surface area contributed by atoms with Gasteiger partial charge in [0.25, 0.3) is 0 Å². The van der Waals surface area contributed by atoms with Crippen molar-refractivity contribution in [2.75, 3.05) is 14.2 Å². The van der Waals surface area contributed by atoms with Gasteiger partial charge in [-0.05, 0) is 103 Å². The number of benzene rings is 6. The summed E-state index contributed by atoms with van der Waals surface area (Å²) >= 11 is 0. The standard InChI is InChI=1S/C28H20O2/c1-29-27-8-7-19-11-22-14-23-12-20-9-17-5-3-4-6-18(17)10-21(20)13-24(23)15-25(22)16-26(19)28(27)30-2/h3-16H,1-2H3. The van der Waals surface area contributed by atoms with E-state index >= 15 is 0 Å². The fraction of sp³-hybridized carbons (Fsp3) is 0.0714. The van der Waals surface area contributed by atoms with Crippen LogP contribution < -0.4 is 9.47 Å². The Morgan fingerprint density at radius 3 is 1.40 bits per heavy atom. The van der Waals surface area contributed by atoms with Crippen molar-refractivity contribution >= 4 is 53.9 Å². The van der Waals surface area contributed by atoms with Gasteiger partial charge < -0.3 is 9.47 Å². The second-order valence-corrected chi connectivity index (χ2v) is 7.82. The van der Waals surface area contributed by atoms with E-state index in [0.29, 0.717) is 0 Å². The van der Waals surface area contributed by atoms with Crippen LogP contribution >= 0.6 is 0 Å². The van der Waals surface area contributed by atoms with Crippen LogP contribution in [0.4, 0.5) is 0 Å². The summed E-state index contributed by atoms with van der Waals surface area (Å²) in [5.41, 5.74) is 0. The van der Waals surface area contributed by atoms with Crippen molar-refractivity contribution in [3.63, 3.8) is 0 Å². The Balaban J connectivity index is 1.67. The summed E-state index contributed by atoms with van der Waals surface area (Å²) in [6.07, 6.45) is 0. The van der Waals surface area contributed by atoms with Crippen molar-refractivity contribution in [3.05, 3.63) is 84.9 Å². The van der Waals surface area contributed by atoms with E-state index in [0.717, 1.165) is 22.3 Å². The highest BCUT2D eigenvalue weighted by Gasteiger charge is 2.11. The van der Waals surface area contributed by atoms with Gasteiger partial charge in [-0.3, -0.25) is 0 Å². The van der Waals surface area contributed by atoms with Gasteiger partial charge in [-0.1, -0.05) is 30.3 Å². The molecule has 0 fully saturated rings. The molecule has 144 valence electrons. The summed E-state index contributed by atoms with van der Waals surface area (Å²) in [6.45, 7) is 0. The average molecular weight is 388 g/mol. The maximum atomic E-state index is 5.66. The maximum absolute atomic E-state index is 5.66. The molecule has 0 atom stereocenters. The number of methoxy groups -OCH3 is 2. The predicted octanol–water partition coefficient (Wildman–Crippen LogP) is 7.47. The monoisotopic (exact) mass is 388 g/mol. The van der Waals surface area contributed by atoms with Crippen LogP contribution in [0.15, 0.2) is 84.9 Å². The van der Waals surface area contributed by atoms with Crippen LogP contribution in [0, 0.1) is 0 Å². The lowest BCUT2D eigenvalue weighted by molar-refractivity contribution is 0.358. The molecule has 2 heteroatoms. The number of ether oxygens (including phenoxy) is 2. The average Bonchev–Trinajstić information content (AvgIpc) is 2.78. The molecule has 0 unspecified atom stereocenters. The molecule has 0 N–H and O–H groups in total. The minimum absolute atomic E-state index is 0.753. The van der Waals surface area contributed by atoms with Crippen LogP contribution in [-0.4, -0.2) is 14.2 Å². The van der Waals surface area contributed by atoms with Gasteiger partial charge in [0.15, 0.2) is 11.5 Å². The third-order valence-corrected chi connectivity index (χ3v) is 6.09. The first kappa shape index (κ1) is 17.1. The van der Waals surface area contributed by atoms with E-state index in [2.05, 4.69) is 78.9 Å². The molecule has 0 spiro atoms. The van der Waals surface area contributed by atoms with Crippen LogP contribution in [0.2, 0.25) is 0 Å². The summed E-state index contributed by atoms with van der Waals surface area (Å²) < 4.78 is 11.1. The normalized spacial score (nSPS) is 11.7. The van der Waals surface area contributed by atoms with Crippen LogP contribution in [0.1, 0.15) is 0 Å². The summed E-state index contributed by atoms with van der Waals surface area (Å²) in [6, 6.07) is 30.7. The molecular formula is C28H20O2. The van der Waals surface area contributed by atoms with E-state index in [1.54, 1.807) is 14.2 Å². The van der Waals surface area contributed by atoms with Gasteiger partial charge in [0.2, 0.25) is 0 Å². The van der Waals surface area contributed by atoms with Gasteiger partial charge in [-0.15, -0.1) is 0 Å². The molecule has 2 nitrogen and oxygen atoms in total. The lowest BCUT2D eigenvalue weighted by Crippen LogP contribution is -1.91. The van der Waals surface area contributed by atoms with Gasteiger partial charge in [0.05, 0.1) is 14.2 Å². The zero-order valence-corrected chi connectivity index (χ0v) is 16.9. The van der Waals surface area contributed by atoms with E-state index < -0.39 is 0 Å². The van der Waals surface area contributed by atoms with Crippen molar-refractivity contribution < 1.29 is 9.47 Å². The van der Waals surface area contributed by atoms with E-state index in [1.165, 1.54) is 43.1 Å². The first-order chi connectivity index (χ1) is 14.7. The number of rotatable bonds is 2. The molecule has 6 aromatic carbocycles. The Bertz CT molecular complexity index is 1610. The number of hydrogen-bond acceptors (Lipinski definition) is 2. The molecule has 30 heavy (non-hydrogen) atoms. The van der Waals surface area contributed by atoms with Gasteiger partial charge >= 0.3 is 0 Å². The molecule has 0 saturated heterocycles. The van der Waals surface area contributed by atoms with Gasteiger partial charge in [-0.25, -0.2) is 0 Å². The summed E-state index contributed by atoms with van der Waals surface area (Å²) in [4.78, 5) is 0. The van der Waals surface area contributed by atoms with E-state index in [1.807, 2.05) is 6.07 Å². The highest BCUT2D eigenvalue weighted by Crippen LogP contribution is 2.38. The lowest BCUT2D eigenvalue weighted by atomic mass is 9.96. The van der Waals surface area contributed by atoms with Crippen molar-refractivity contribution in [1.29, 1.82) is 0 Å². The Morgan fingerprint density at radius 1 is 0.433 bits per heavy atom. The number of fused-ring (bicyclic) bond motifs is 5. The second-order valence-electron chi connectivity index (χ2n) is 7.82. The van der Waals surface area contributed by atoms with Gasteiger partial charge in [-0.2, -0.15) is 0 Å². The molecule has 6 aromatic rings. The largest absolute Gasteiger partial charge is 0.493 e. The maximum Gasteiger partial charge on any atom is 0.168 e. The van der Waals surface area contributed by atoms with E-state index in [9.17, 15) is 0 Å². The second kappa shape index (κ2) is 6.36. The zero-order chi connectivity index (χ0) is 20.2. The molecule has 0 saturated carbocycles. The SMILES string of the molecule is COc1ccc2cc3cc4cc5cc6ccccc6cc5cc4cc3cc2c1OC. The highest BCUT2D eigenvalue weighted by atomic mass is 16.5. The molecule has 6 rings (SSSR count). The Labute approximate surface area is 174 Å². The molecule has 0 aliphatic rings. The van der Waals surface area contributed by atoms with Crippen molar-refractivity contribution in [3.8, 4) is 11.5 Å². The van der Waals surface area contributed by atoms with Crippen molar-refractivity contribution in [2.24, 2.45) is 0 Å². The van der Waals surface area contributed by atoms with Crippen LogP contribution in [0.25, 0.3) is 53.9 Å². The lowest BCUT2D eigenvalue weighted by Gasteiger charge is -2.12. The Kier molecular flexibility index (Phi) is 3.63. The topological polar surface area (TPSA) is 18.5 Å². The summed E-state index contributed by atoms with van der Waals surface area (Å²) in [5.74, 6) is 1.53. The number of hydrogen-bond donors (Lipinski definition) is 0. The fourth-order valence-electron chi connectivity index (χ4n) is 4.59. The van der Waals surface area contributed by atoms with E-state index in [4.69, 9.17) is 9.47 Å². The molecule has 0 radical (unpaired) electrons. The third kappa shape index (κ3) is 2.50. The molecule has 0 heterocycles. The van der Waals surface area contributed by atoms with Crippen LogP contribution in [0.5, 0.6) is 11.5 Å². The highest BCUT2D eigenvalue weighted by molar-refractivity contribution is 6.10. The first-order valence-electron chi connectivity index (χ1n) is 10.1. The quantitative estimate of drug-likeness (QED) is 0.286. The molecule has 0 aliphatic carbocycles. The van der Waals surface area contributed by atoms with Crippen LogP contribution in [0.3, 0.4) is 0 Å². The van der Waals surface area contributed by atoms with Crippen LogP contribution in [-0.2, 0) is 0 Å². The molecule has 0 bridgehead atoms. The predicted molar refractivity (Wildman–Crippen MR) is 127 cm³/mol. The first-order valence-corrected chi connectivity index (χ1v) is 10.1. The van der Waals surface area contributed by atoms with Crippen molar-refractivity contribution in [1.82, 2.24) is 0 Å². The van der Waals surface area contributed by atoms with Crippen molar-refractivity contribution in [2.45, 2.75) is 0 Å². The molecular weight excluding hydrogens is 368 g/mol. The molecule has 0 aliphatic heterocycles. The minimum Gasteiger partial charge on any atom is -0.493 e. The minimum atomic E-state index is 0.753. The van der Waals surface area contributed by atoms with E-state index in [-0.39, 0.29) is 0 Å². The Hall–Kier alpha value is -3.78. The van der Waals surface area contributed by atoms with Gasteiger partial charge in [0.1, 0.15) is 0 Å². The zero-order valence-electron chi connectivity index (χ0n) is 16.9. The fourth-order valence-corrected chi connectivity index (χ4v) is 4.59. The molecule has 0 aromatic heterocycles. The molecule has 0 amide bonds. The smallest absolute Gasteiger partial charge is 0.168 e. The summed E-state index contributed by atoms with van der Waals surface area (Å²) in [7, 11) is 3.37.